The fraction of sp³-hybridized carbons (Fsp3) is 0.556. The third-order valence-corrected chi connectivity index (χ3v) is 5.81. The molecule has 7 nitrogen and oxygen atoms in total. The van der Waals surface area contributed by atoms with Crippen LogP contribution in [-0.4, -0.2) is 64.8 Å². The van der Waals surface area contributed by atoms with Crippen LogP contribution < -0.4 is 10.6 Å². The van der Waals surface area contributed by atoms with Crippen molar-refractivity contribution in [2.45, 2.75) is 27.7 Å². The molecule has 0 saturated carbocycles. The number of carbonyl (C=O) groups is 2. The van der Waals surface area contributed by atoms with Crippen molar-refractivity contribution in [2.24, 2.45) is 0 Å². The predicted molar refractivity (Wildman–Crippen MR) is 116 cm³/mol. The Labute approximate surface area is 169 Å². The van der Waals surface area contributed by atoms with E-state index in [2.05, 4.69) is 29.4 Å². The van der Waals surface area contributed by atoms with E-state index in [1.165, 1.54) is 18.2 Å². The molecule has 4 N–H and O–H groups in total. The number of nitrogens with one attached hydrogen (secondary N) is 2. The van der Waals surface area contributed by atoms with Crippen LogP contribution in [0.4, 0.5) is 10.5 Å². The molecular weight excluding hydrogens is 386 g/mol. The van der Waals surface area contributed by atoms with Gasteiger partial charge in [-0.15, -0.1) is 0 Å². The maximum absolute atomic E-state index is 11.8. The number of carboxylic acids is 1. The average Bonchev–Trinajstić information content (AvgIpc) is 2.65. The molecule has 0 aliphatic carbocycles. The molecule has 0 unspecified atom stereocenters. The lowest BCUT2D eigenvalue weighted by Gasteiger charge is -2.16. The largest absolute Gasteiger partial charge is 0.507 e. The van der Waals surface area contributed by atoms with Gasteiger partial charge in [-0.3, -0.25) is 0 Å². The average molecular weight is 418 g/mol. The normalized spacial score (nSPS) is 10.1. The molecule has 0 spiro atoms. The number of amides is 2. The molecule has 1 rings (SSSR count). The second kappa shape index (κ2) is 15.5. The Kier molecular flexibility index (Phi) is 14.6. The molecule has 0 aliphatic rings. The standard InChI is InChI=1S/C16H25N3O4S2.C2H6/c1-3-19(4-2)8-10-25-24-9-7-17-16(23)18-12-5-6-13(15(21)22)14(20)11-12;1-2/h5-6,11,20H,3-4,7-10H2,1-2H3,(H,21,22)(H2,17,18,23);1-2H3. The molecular formula is C18H31N3O4S2. The number of rotatable bonds is 11. The van der Waals surface area contributed by atoms with Crippen LogP contribution >= 0.6 is 21.6 Å². The highest BCUT2D eigenvalue weighted by atomic mass is 33.1. The number of hydrogen-bond donors (Lipinski definition) is 4. The number of carbonyl (C=O) groups excluding carboxylic acids is 1. The van der Waals surface area contributed by atoms with E-state index in [0.29, 0.717) is 12.2 Å². The first-order valence-corrected chi connectivity index (χ1v) is 11.5. The number of anilines is 1. The summed E-state index contributed by atoms with van der Waals surface area (Å²) in [6, 6.07) is 3.49. The summed E-state index contributed by atoms with van der Waals surface area (Å²) in [7, 11) is 3.50. The Hall–Kier alpha value is -1.58. The highest BCUT2D eigenvalue weighted by molar-refractivity contribution is 8.76. The van der Waals surface area contributed by atoms with E-state index in [-0.39, 0.29) is 11.3 Å². The van der Waals surface area contributed by atoms with Crippen molar-refractivity contribution in [2.75, 3.05) is 43.0 Å². The Balaban J connectivity index is 0.00000326. The van der Waals surface area contributed by atoms with Crippen LogP contribution in [0.3, 0.4) is 0 Å². The first kappa shape index (κ1) is 25.4. The molecule has 9 heteroatoms. The van der Waals surface area contributed by atoms with Crippen LogP contribution in [0.1, 0.15) is 38.1 Å². The Morgan fingerprint density at radius 2 is 1.74 bits per heavy atom. The molecule has 0 atom stereocenters. The van der Waals surface area contributed by atoms with Crippen molar-refractivity contribution in [3.05, 3.63) is 23.8 Å². The molecule has 0 saturated heterocycles. The van der Waals surface area contributed by atoms with Gasteiger partial charge in [-0.25, -0.2) is 9.59 Å². The number of urea groups is 1. The lowest BCUT2D eigenvalue weighted by atomic mass is 10.2. The second-order valence-electron chi connectivity index (χ2n) is 5.09. The molecule has 0 aliphatic heterocycles. The molecule has 154 valence electrons. The van der Waals surface area contributed by atoms with Crippen LogP contribution in [0, 0.1) is 0 Å². The number of benzene rings is 1. The van der Waals surface area contributed by atoms with Gasteiger partial charge in [-0.2, -0.15) is 0 Å². The summed E-state index contributed by atoms with van der Waals surface area (Å²) in [4.78, 5) is 24.9. The molecule has 2 amide bonds. The van der Waals surface area contributed by atoms with Gasteiger partial charge in [-0.1, -0.05) is 49.3 Å². The summed E-state index contributed by atoms with van der Waals surface area (Å²) in [5.74, 6) is 0.238. The second-order valence-corrected chi connectivity index (χ2v) is 7.79. The van der Waals surface area contributed by atoms with E-state index in [1.807, 2.05) is 13.8 Å². The summed E-state index contributed by atoms with van der Waals surface area (Å²) in [6.07, 6.45) is 0. The highest BCUT2D eigenvalue weighted by Gasteiger charge is 2.10. The van der Waals surface area contributed by atoms with Crippen molar-refractivity contribution in [1.82, 2.24) is 10.2 Å². The van der Waals surface area contributed by atoms with Crippen LogP contribution in [0.15, 0.2) is 18.2 Å². The number of hydrogen-bond acceptors (Lipinski definition) is 6. The van der Waals surface area contributed by atoms with E-state index < -0.39 is 12.0 Å². The summed E-state index contributed by atoms with van der Waals surface area (Å²) < 4.78 is 0. The van der Waals surface area contributed by atoms with Crippen molar-refractivity contribution < 1.29 is 19.8 Å². The first-order valence-electron chi connectivity index (χ1n) is 9.05. The smallest absolute Gasteiger partial charge is 0.339 e. The minimum Gasteiger partial charge on any atom is -0.507 e. The summed E-state index contributed by atoms with van der Waals surface area (Å²) >= 11 is 0. The zero-order valence-electron chi connectivity index (χ0n) is 16.4. The number of nitrogens with zero attached hydrogens (tertiary/aromatic N) is 1. The number of carboxylic acid groups (broad SMARTS) is 1. The van der Waals surface area contributed by atoms with Crippen molar-refractivity contribution >= 4 is 39.3 Å². The SMILES string of the molecule is CC.CCN(CC)CCSSCCNC(=O)Nc1ccc(C(=O)O)c(O)c1. The molecule has 1 aromatic carbocycles. The van der Waals surface area contributed by atoms with Crippen molar-refractivity contribution in [3.63, 3.8) is 0 Å². The van der Waals surface area contributed by atoms with Gasteiger partial charge in [0.15, 0.2) is 0 Å². The lowest BCUT2D eigenvalue weighted by molar-refractivity contribution is 0.0693. The molecule has 27 heavy (non-hydrogen) atoms. The van der Waals surface area contributed by atoms with Gasteiger partial charge in [0.25, 0.3) is 0 Å². The van der Waals surface area contributed by atoms with Gasteiger partial charge in [0.2, 0.25) is 0 Å². The van der Waals surface area contributed by atoms with E-state index in [1.54, 1.807) is 21.6 Å². The van der Waals surface area contributed by atoms with E-state index in [0.717, 1.165) is 31.1 Å². The number of aromatic hydroxyl groups is 1. The molecule has 1 aromatic rings. The van der Waals surface area contributed by atoms with Crippen LogP contribution in [0.5, 0.6) is 5.75 Å². The van der Waals surface area contributed by atoms with Crippen LogP contribution in [0.25, 0.3) is 0 Å². The zero-order chi connectivity index (χ0) is 20.7. The van der Waals surface area contributed by atoms with Gasteiger partial charge in [0.1, 0.15) is 11.3 Å². The van der Waals surface area contributed by atoms with Crippen molar-refractivity contribution in [3.8, 4) is 5.75 Å². The Bertz CT molecular complexity index is 570. The number of aromatic carboxylic acids is 1. The maximum atomic E-state index is 11.8. The Morgan fingerprint density at radius 3 is 2.30 bits per heavy atom. The van der Waals surface area contributed by atoms with Crippen LogP contribution in [0.2, 0.25) is 0 Å². The maximum Gasteiger partial charge on any atom is 0.339 e. The van der Waals surface area contributed by atoms with Gasteiger partial charge in [0.05, 0.1) is 0 Å². The first-order chi connectivity index (χ1) is 13.0. The third-order valence-electron chi connectivity index (χ3n) is 3.43. The predicted octanol–water partition coefficient (Wildman–Crippen LogP) is 3.96. The van der Waals surface area contributed by atoms with E-state index >= 15 is 0 Å². The quantitative estimate of drug-likeness (QED) is 0.319. The lowest BCUT2D eigenvalue weighted by Crippen LogP contribution is -2.30. The molecule has 0 fully saturated rings. The van der Waals surface area contributed by atoms with Gasteiger partial charge >= 0.3 is 12.0 Å². The zero-order valence-corrected chi connectivity index (χ0v) is 18.1. The van der Waals surface area contributed by atoms with Gasteiger partial charge in [0, 0.05) is 36.3 Å². The Morgan fingerprint density at radius 1 is 1.11 bits per heavy atom. The molecule has 0 bridgehead atoms. The highest BCUT2D eigenvalue weighted by Crippen LogP contribution is 2.22. The monoisotopic (exact) mass is 417 g/mol. The minimum atomic E-state index is -1.22. The van der Waals surface area contributed by atoms with E-state index in [9.17, 15) is 14.7 Å². The van der Waals surface area contributed by atoms with Gasteiger partial charge < -0.3 is 25.7 Å². The van der Waals surface area contributed by atoms with E-state index in [4.69, 9.17) is 5.11 Å². The van der Waals surface area contributed by atoms with Gasteiger partial charge in [-0.05, 0) is 25.2 Å². The van der Waals surface area contributed by atoms with Crippen LogP contribution in [-0.2, 0) is 0 Å². The summed E-state index contributed by atoms with van der Waals surface area (Å²) in [5, 5.41) is 23.7. The fourth-order valence-corrected chi connectivity index (χ4v) is 3.93. The molecule has 0 aromatic heterocycles. The molecule has 0 heterocycles. The summed E-state index contributed by atoms with van der Waals surface area (Å²) in [6.45, 7) is 12.0. The topological polar surface area (TPSA) is 102 Å². The minimum absolute atomic E-state index is 0.205. The summed E-state index contributed by atoms with van der Waals surface area (Å²) in [5.41, 5.74) is 0.130. The van der Waals surface area contributed by atoms with Crippen molar-refractivity contribution in [1.29, 1.82) is 0 Å². The third kappa shape index (κ3) is 11.0. The molecule has 0 radical (unpaired) electrons. The number of phenols is 1. The fourth-order valence-electron chi connectivity index (χ4n) is 2.00.